The third kappa shape index (κ3) is 2.30. The number of hydrogen-bond donors (Lipinski definition) is 0. The van der Waals surface area contributed by atoms with Crippen molar-refractivity contribution in [1.82, 2.24) is 0 Å². The molecule has 0 amide bonds. The topological polar surface area (TPSA) is 0 Å². The molecule has 28 heavy (non-hydrogen) atoms. The third-order valence-corrected chi connectivity index (χ3v) is 6.58. The lowest BCUT2D eigenvalue weighted by Gasteiger charge is -2.23. The molecule has 0 N–H and O–H groups in total. The molecule has 140 valence electrons. The van der Waals surface area contributed by atoms with E-state index in [-0.39, 0.29) is 5.41 Å². The normalized spacial score (nSPS) is 12.8. The Kier molecular flexibility index (Phi) is 3.56. The predicted molar refractivity (Wildman–Crippen MR) is 125 cm³/mol. The van der Waals surface area contributed by atoms with Crippen molar-refractivity contribution >= 4 is 43.1 Å². The van der Waals surface area contributed by atoms with Crippen LogP contribution in [0.4, 0.5) is 0 Å². The molecule has 0 unspecified atom stereocenters. The van der Waals surface area contributed by atoms with Crippen molar-refractivity contribution in [1.29, 1.82) is 0 Å². The average Bonchev–Trinajstić information content (AvgIpc) is 2.67. The van der Waals surface area contributed by atoms with Crippen molar-refractivity contribution in [2.45, 2.75) is 53.4 Å². The molecule has 0 fully saturated rings. The maximum atomic E-state index is 2.46. The van der Waals surface area contributed by atoms with E-state index in [9.17, 15) is 0 Å². The highest BCUT2D eigenvalue weighted by Crippen LogP contribution is 2.44. The standard InChI is InChI=1S/C28H28/c1-7-18-12-22-16(2)8-10-20-21-11-9-17(3)23-14-19(28(4,5)6)15-25(27(21)23)24(13-18)26(20)22/h8-15H,7H2,1-6H3. The number of rotatable bonds is 1. The van der Waals surface area contributed by atoms with Gasteiger partial charge in [0.1, 0.15) is 0 Å². The van der Waals surface area contributed by atoms with Gasteiger partial charge < -0.3 is 0 Å². The van der Waals surface area contributed by atoms with Gasteiger partial charge in [0, 0.05) is 0 Å². The van der Waals surface area contributed by atoms with E-state index in [0.29, 0.717) is 0 Å². The van der Waals surface area contributed by atoms with Crippen LogP contribution in [0.5, 0.6) is 0 Å². The largest absolute Gasteiger partial charge is 0.0613 e. The second-order valence-corrected chi connectivity index (χ2v) is 9.48. The Morgan fingerprint density at radius 2 is 1.07 bits per heavy atom. The molecule has 0 saturated heterocycles. The van der Waals surface area contributed by atoms with Gasteiger partial charge in [-0.2, -0.15) is 0 Å². The number of aryl methyl sites for hydroxylation is 3. The van der Waals surface area contributed by atoms with Crippen LogP contribution in [-0.2, 0) is 11.8 Å². The summed E-state index contributed by atoms with van der Waals surface area (Å²) in [5.41, 5.74) is 5.70. The molecule has 0 aliphatic heterocycles. The van der Waals surface area contributed by atoms with E-state index in [0.717, 1.165) is 6.42 Å². The zero-order chi connectivity index (χ0) is 19.8. The first-order chi connectivity index (χ1) is 13.3. The Labute approximate surface area is 167 Å². The molecule has 0 saturated carbocycles. The van der Waals surface area contributed by atoms with E-state index in [1.54, 1.807) is 0 Å². The lowest BCUT2D eigenvalue weighted by molar-refractivity contribution is 0.592. The van der Waals surface area contributed by atoms with Crippen molar-refractivity contribution in [3.05, 3.63) is 70.8 Å². The molecular weight excluding hydrogens is 336 g/mol. The molecule has 0 heteroatoms. The summed E-state index contributed by atoms with van der Waals surface area (Å²) in [6.07, 6.45) is 1.06. The lowest BCUT2D eigenvalue weighted by Crippen LogP contribution is -2.11. The zero-order valence-electron chi connectivity index (χ0n) is 17.8. The predicted octanol–water partition coefficient (Wildman–Crippen LogP) is 8.21. The van der Waals surface area contributed by atoms with E-state index >= 15 is 0 Å². The van der Waals surface area contributed by atoms with E-state index in [2.05, 4.69) is 90.1 Å². The molecule has 0 radical (unpaired) electrons. The van der Waals surface area contributed by atoms with E-state index in [1.165, 1.54) is 65.3 Å². The molecule has 0 aromatic heterocycles. The van der Waals surface area contributed by atoms with Gasteiger partial charge in [0.2, 0.25) is 0 Å². The molecule has 0 bridgehead atoms. The highest BCUT2D eigenvalue weighted by atomic mass is 14.2. The van der Waals surface area contributed by atoms with Crippen molar-refractivity contribution in [3.8, 4) is 0 Å². The van der Waals surface area contributed by atoms with Gasteiger partial charge in [-0.15, -0.1) is 0 Å². The molecule has 5 aromatic rings. The second-order valence-electron chi connectivity index (χ2n) is 9.48. The van der Waals surface area contributed by atoms with Crippen molar-refractivity contribution in [2.24, 2.45) is 0 Å². The Morgan fingerprint density at radius 3 is 1.61 bits per heavy atom. The first kappa shape index (κ1) is 17.5. The van der Waals surface area contributed by atoms with Gasteiger partial charge in [-0.05, 0) is 97.1 Å². The summed E-state index contributed by atoms with van der Waals surface area (Å²) in [5.74, 6) is 0. The molecule has 0 aliphatic rings. The van der Waals surface area contributed by atoms with Crippen LogP contribution in [0.15, 0.2) is 48.5 Å². The number of benzene rings is 5. The van der Waals surface area contributed by atoms with Crippen LogP contribution in [0.2, 0.25) is 0 Å². The molecule has 0 heterocycles. The molecule has 0 nitrogen and oxygen atoms in total. The van der Waals surface area contributed by atoms with E-state index in [1.807, 2.05) is 0 Å². The maximum Gasteiger partial charge on any atom is -0.00235 e. The van der Waals surface area contributed by atoms with Gasteiger partial charge in [-0.25, -0.2) is 0 Å². The van der Waals surface area contributed by atoms with Crippen LogP contribution in [0.3, 0.4) is 0 Å². The minimum absolute atomic E-state index is 0.126. The number of fused-ring (bicyclic) bond motifs is 2. The van der Waals surface area contributed by atoms with Crippen molar-refractivity contribution < 1.29 is 0 Å². The van der Waals surface area contributed by atoms with Gasteiger partial charge in [0.05, 0.1) is 0 Å². The molecule has 5 rings (SSSR count). The fourth-order valence-electron chi connectivity index (χ4n) is 4.82. The third-order valence-electron chi connectivity index (χ3n) is 6.58. The Morgan fingerprint density at radius 1 is 0.607 bits per heavy atom. The summed E-state index contributed by atoms with van der Waals surface area (Å²) >= 11 is 0. The molecular formula is C28H28. The van der Waals surface area contributed by atoms with Gasteiger partial charge >= 0.3 is 0 Å². The quantitative estimate of drug-likeness (QED) is 0.208. The van der Waals surface area contributed by atoms with Crippen molar-refractivity contribution in [2.75, 3.05) is 0 Å². The minimum atomic E-state index is 0.126. The first-order valence-corrected chi connectivity index (χ1v) is 10.4. The Bertz CT molecular complexity index is 1380. The molecule has 5 aromatic carbocycles. The number of hydrogen-bond acceptors (Lipinski definition) is 0. The van der Waals surface area contributed by atoms with Crippen LogP contribution < -0.4 is 0 Å². The van der Waals surface area contributed by atoms with E-state index in [4.69, 9.17) is 0 Å². The Hall–Kier alpha value is -2.60. The summed E-state index contributed by atoms with van der Waals surface area (Å²) in [7, 11) is 0. The molecule has 0 aliphatic carbocycles. The van der Waals surface area contributed by atoms with Crippen LogP contribution in [-0.4, -0.2) is 0 Å². The van der Waals surface area contributed by atoms with Crippen LogP contribution in [0.1, 0.15) is 49.9 Å². The average molecular weight is 365 g/mol. The summed E-state index contributed by atoms with van der Waals surface area (Å²) in [6.45, 7) is 13.7. The maximum absolute atomic E-state index is 2.46. The van der Waals surface area contributed by atoms with Crippen LogP contribution in [0.25, 0.3) is 43.1 Å². The van der Waals surface area contributed by atoms with Gasteiger partial charge in [0.15, 0.2) is 0 Å². The fraction of sp³-hybridized carbons (Fsp3) is 0.286. The first-order valence-electron chi connectivity index (χ1n) is 10.4. The van der Waals surface area contributed by atoms with Gasteiger partial charge in [-0.1, -0.05) is 70.2 Å². The Balaban J connectivity index is 2.17. The summed E-state index contributed by atoms with van der Waals surface area (Å²) in [6, 6.07) is 19.0. The molecule has 0 atom stereocenters. The summed E-state index contributed by atoms with van der Waals surface area (Å²) < 4.78 is 0. The highest BCUT2D eigenvalue weighted by Gasteiger charge is 2.20. The van der Waals surface area contributed by atoms with Crippen LogP contribution >= 0.6 is 0 Å². The monoisotopic (exact) mass is 364 g/mol. The SMILES string of the molecule is CCc1cc2c(C)ccc3c4ccc(C)c5cc(C(C)(C)C)cc(c(c1)c23)c54. The second kappa shape index (κ2) is 5.70. The summed E-state index contributed by atoms with van der Waals surface area (Å²) in [4.78, 5) is 0. The smallest absolute Gasteiger partial charge is 0.00235 e. The van der Waals surface area contributed by atoms with Crippen LogP contribution in [0, 0.1) is 13.8 Å². The summed E-state index contributed by atoms with van der Waals surface area (Å²) in [5, 5.41) is 11.3. The van der Waals surface area contributed by atoms with E-state index < -0.39 is 0 Å². The molecule has 0 spiro atoms. The zero-order valence-corrected chi connectivity index (χ0v) is 17.8. The fourth-order valence-corrected chi connectivity index (χ4v) is 4.82. The lowest BCUT2D eigenvalue weighted by atomic mass is 9.81. The minimum Gasteiger partial charge on any atom is -0.0613 e. The van der Waals surface area contributed by atoms with Crippen molar-refractivity contribution in [3.63, 3.8) is 0 Å². The highest BCUT2D eigenvalue weighted by molar-refractivity contribution is 6.33. The van der Waals surface area contributed by atoms with Gasteiger partial charge in [0.25, 0.3) is 0 Å². The van der Waals surface area contributed by atoms with Gasteiger partial charge in [-0.3, -0.25) is 0 Å².